The van der Waals surface area contributed by atoms with Crippen molar-refractivity contribution in [1.82, 2.24) is 0 Å². The molecule has 2 heterocycles. The second-order valence-electron chi connectivity index (χ2n) is 8.40. The summed E-state index contributed by atoms with van der Waals surface area (Å²) in [5, 5.41) is 0.808. The number of rotatable bonds is 5. The zero-order valence-corrected chi connectivity index (χ0v) is 20.4. The van der Waals surface area contributed by atoms with Crippen molar-refractivity contribution < 1.29 is 28.2 Å². The lowest BCUT2D eigenvalue weighted by molar-refractivity contribution is 0.0600. The van der Waals surface area contributed by atoms with Crippen LogP contribution in [0.4, 0.5) is 5.69 Å². The molecule has 184 valence electrons. The number of ether oxygens (including phenoxy) is 4. The van der Waals surface area contributed by atoms with Crippen LogP contribution in [0.5, 0.6) is 17.2 Å². The monoisotopic (exact) mass is 487 g/mol. The Morgan fingerprint density at radius 2 is 1.69 bits per heavy atom. The van der Waals surface area contributed by atoms with Gasteiger partial charge in [-0.15, -0.1) is 0 Å². The minimum Gasteiger partial charge on any atom is -0.493 e. The van der Waals surface area contributed by atoms with Crippen molar-refractivity contribution in [2.75, 3.05) is 33.0 Å². The summed E-state index contributed by atoms with van der Waals surface area (Å²) < 4.78 is 27.6. The number of esters is 1. The molecule has 8 nitrogen and oxygen atoms in total. The Bertz CT molecular complexity index is 1530. The van der Waals surface area contributed by atoms with Gasteiger partial charge in [0, 0.05) is 41.3 Å². The summed E-state index contributed by atoms with van der Waals surface area (Å²) in [7, 11) is 4.38. The zero-order valence-electron chi connectivity index (χ0n) is 20.4. The lowest BCUT2D eigenvalue weighted by atomic mass is 9.96. The van der Waals surface area contributed by atoms with Gasteiger partial charge in [0.2, 0.25) is 0 Å². The van der Waals surface area contributed by atoms with Crippen LogP contribution in [0.1, 0.15) is 21.5 Å². The second kappa shape index (κ2) is 9.30. The highest BCUT2D eigenvalue weighted by atomic mass is 16.5. The van der Waals surface area contributed by atoms with E-state index in [-0.39, 0.29) is 6.73 Å². The average molecular weight is 488 g/mol. The van der Waals surface area contributed by atoms with E-state index in [1.54, 1.807) is 12.1 Å². The van der Waals surface area contributed by atoms with Crippen molar-refractivity contribution in [1.29, 1.82) is 0 Å². The fourth-order valence-corrected chi connectivity index (χ4v) is 4.64. The number of carbonyl (C=O) groups is 1. The van der Waals surface area contributed by atoms with Crippen LogP contribution in [0.2, 0.25) is 0 Å². The van der Waals surface area contributed by atoms with E-state index in [0.29, 0.717) is 40.6 Å². The van der Waals surface area contributed by atoms with Crippen LogP contribution in [0.25, 0.3) is 22.1 Å². The molecule has 0 saturated heterocycles. The first-order valence-corrected chi connectivity index (χ1v) is 11.3. The molecule has 4 aromatic rings. The number of methoxy groups -OCH3 is 3. The fourth-order valence-electron chi connectivity index (χ4n) is 4.64. The van der Waals surface area contributed by atoms with Gasteiger partial charge in [-0.2, -0.15) is 0 Å². The van der Waals surface area contributed by atoms with Crippen LogP contribution in [0.15, 0.2) is 63.8 Å². The summed E-state index contributed by atoms with van der Waals surface area (Å²) in [6, 6.07) is 16.5. The highest BCUT2D eigenvalue weighted by molar-refractivity contribution is 5.98. The standard InChI is InChI=1S/C28H25NO7/c1-16-26-18(10-20-19(12-25(30)36-27(16)20)17-8-6-5-7-9-17)14-29(15-35-26)22-13-24(33-3)23(32-2)11-21(22)28(31)34-4/h5-13H,14-15H2,1-4H3. The molecule has 0 saturated carbocycles. The Morgan fingerprint density at radius 3 is 2.39 bits per heavy atom. The summed E-state index contributed by atoms with van der Waals surface area (Å²) in [4.78, 5) is 26.9. The number of carbonyl (C=O) groups excluding carboxylic acids is 1. The third-order valence-corrected chi connectivity index (χ3v) is 6.35. The van der Waals surface area contributed by atoms with Crippen molar-refractivity contribution in [3.8, 4) is 28.4 Å². The Morgan fingerprint density at radius 1 is 0.972 bits per heavy atom. The van der Waals surface area contributed by atoms with Gasteiger partial charge in [-0.25, -0.2) is 9.59 Å². The molecule has 5 rings (SSSR count). The van der Waals surface area contributed by atoms with Crippen LogP contribution in [-0.4, -0.2) is 34.0 Å². The van der Waals surface area contributed by atoms with Crippen LogP contribution < -0.4 is 24.7 Å². The molecule has 3 aromatic carbocycles. The quantitative estimate of drug-likeness (QED) is 0.289. The van der Waals surface area contributed by atoms with Gasteiger partial charge in [-0.05, 0) is 24.1 Å². The number of anilines is 1. The van der Waals surface area contributed by atoms with E-state index in [1.165, 1.54) is 27.4 Å². The summed E-state index contributed by atoms with van der Waals surface area (Å²) in [6.45, 7) is 2.49. The van der Waals surface area contributed by atoms with Crippen molar-refractivity contribution in [3.63, 3.8) is 0 Å². The molecule has 0 fully saturated rings. The van der Waals surface area contributed by atoms with Gasteiger partial charge >= 0.3 is 11.6 Å². The second-order valence-corrected chi connectivity index (χ2v) is 8.40. The molecule has 0 spiro atoms. The topological polar surface area (TPSA) is 87.4 Å². The van der Waals surface area contributed by atoms with Gasteiger partial charge in [-0.3, -0.25) is 0 Å². The first-order chi connectivity index (χ1) is 17.4. The third kappa shape index (κ3) is 3.90. The molecule has 0 amide bonds. The number of aryl methyl sites for hydroxylation is 1. The first-order valence-electron chi connectivity index (χ1n) is 11.3. The van der Waals surface area contributed by atoms with Crippen LogP contribution in [-0.2, 0) is 11.3 Å². The van der Waals surface area contributed by atoms with Crippen molar-refractivity contribution in [3.05, 3.63) is 81.7 Å². The molecule has 1 aliphatic heterocycles. The van der Waals surface area contributed by atoms with E-state index in [4.69, 9.17) is 23.4 Å². The molecule has 36 heavy (non-hydrogen) atoms. The molecular weight excluding hydrogens is 462 g/mol. The van der Waals surface area contributed by atoms with Crippen LogP contribution in [0, 0.1) is 6.92 Å². The third-order valence-electron chi connectivity index (χ3n) is 6.35. The first kappa shape index (κ1) is 23.3. The SMILES string of the molecule is COC(=O)c1cc(OC)c(OC)cc1N1COc2c(cc3c(-c4ccccc4)cc(=O)oc3c2C)C1. The minimum atomic E-state index is -0.500. The van der Waals surface area contributed by atoms with Gasteiger partial charge in [0.15, 0.2) is 18.2 Å². The minimum absolute atomic E-state index is 0.168. The summed E-state index contributed by atoms with van der Waals surface area (Å²) in [5.74, 6) is 1.06. The average Bonchev–Trinajstić information content (AvgIpc) is 2.92. The molecule has 0 bridgehead atoms. The smallest absolute Gasteiger partial charge is 0.340 e. The highest BCUT2D eigenvalue weighted by Crippen LogP contribution is 2.41. The number of hydrogen-bond donors (Lipinski definition) is 0. The normalized spacial score (nSPS) is 12.6. The van der Waals surface area contributed by atoms with E-state index in [9.17, 15) is 9.59 Å². The maximum Gasteiger partial charge on any atom is 0.340 e. The molecular formula is C28H25NO7. The Balaban J connectivity index is 1.65. The summed E-state index contributed by atoms with van der Waals surface area (Å²) >= 11 is 0. The molecule has 1 aromatic heterocycles. The Labute approximate surface area is 207 Å². The number of hydrogen-bond acceptors (Lipinski definition) is 8. The molecule has 1 aliphatic rings. The molecule has 0 radical (unpaired) electrons. The molecule has 0 aliphatic carbocycles. The summed E-state index contributed by atoms with van der Waals surface area (Å²) in [6.07, 6.45) is 0. The Hall–Kier alpha value is -4.46. The van der Waals surface area contributed by atoms with Crippen molar-refractivity contribution in [2.24, 2.45) is 0 Å². The number of benzene rings is 3. The van der Waals surface area contributed by atoms with E-state index in [2.05, 4.69) is 0 Å². The predicted molar refractivity (Wildman–Crippen MR) is 135 cm³/mol. The Kier molecular flexibility index (Phi) is 6.01. The lowest BCUT2D eigenvalue weighted by Crippen LogP contribution is -2.33. The van der Waals surface area contributed by atoms with Gasteiger partial charge in [-0.1, -0.05) is 30.3 Å². The maximum absolute atomic E-state index is 12.6. The summed E-state index contributed by atoms with van der Waals surface area (Å²) in [5.41, 5.74) is 4.33. The van der Waals surface area contributed by atoms with E-state index in [1.807, 2.05) is 48.2 Å². The zero-order chi connectivity index (χ0) is 25.4. The highest BCUT2D eigenvalue weighted by Gasteiger charge is 2.28. The van der Waals surface area contributed by atoms with Crippen LogP contribution in [0.3, 0.4) is 0 Å². The van der Waals surface area contributed by atoms with E-state index < -0.39 is 11.6 Å². The molecule has 0 atom stereocenters. The van der Waals surface area contributed by atoms with Gasteiger partial charge in [0.05, 0.1) is 32.6 Å². The van der Waals surface area contributed by atoms with Crippen LogP contribution >= 0.6 is 0 Å². The molecule has 0 N–H and O–H groups in total. The molecule has 8 heteroatoms. The van der Waals surface area contributed by atoms with Gasteiger partial charge < -0.3 is 28.3 Å². The van der Waals surface area contributed by atoms with Gasteiger partial charge in [0.1, 0.15) is 11.3 Å². The number of nitrogens with zero attached hydrogens (tertiary/aromatic N) is 1. The van der Waals surface area contributed by atoms with Gasteiger partial charge in [0.25, 0.3) is 0 Å². The maximum atomic E-state index is 12.6. The lowest BCUT2D eigenvalue weighted by Gasteiger charge is -2.33. The van der Waals surface area contributed by atoms with Crippen molar-refractivity contribution >= 4 is 22.6 Å². The van der Waals surface area contributed by atoms with Crippen molar-refractivity contribution in [2.45, 2.75) is 13.5 Å². The largest absolute Gasteiger partial charge is 0.493 e. The fraction of sp³-hybridized carbons (Fsp3) is 0.214. The van der Waals surface area contributed by atoms with E-state index >= 15 is 0 Å². The van der Waals surface area contributed by atoms with E-state index in [0.717, 1.165) is 27.6 Å². The number of fused-ring (bicyclic) bond motifs is 2. The molecule has 0 unspecified atom stereocenters. The predicted octanol–water partition coefficient (Wildman–Crippen LogP) is 4.93.